The SMILES string of the molecule is CCOc1ccc2c(O[C@@H]3C[C@H]4C(=O)N[C@]5(C(=O)NS(=O)(=O)C6(C)CC6)C[C@H]5/C=C\CC[C@@H](C)C[C@@H](C)[C@H](N(CC5(C)CC5)C(=O)O)C(=O)N4C3)nccc2c1. The molecule has 3 N–H and O–H groups in total. The van der Waals surface area contributed by atoms with Crippen molar-refractivity contribution in [2.45, 2.75) is 121 Å². The molecule has 0 spiro atoms. The second-order valence-electron chi connectivity index (χ2n) is 17.6. The van der Waals surface area contributed by atoms with E-state index in [-0.39, 0.29) is 43.2 Å². The zero-order valence-electron chi connectivity index (χ0n) is 33.0. The van der Waals surface area contributed by atoms with E-state index in [4.69, 9.17) is 9.47 Å². The third-order valence-corrected chi connectivity index (χ3v) is 14.9. The highest BCUT2D eigenvalue weighted by Gasteiger charge is 2.63. The van der Waals surface area contributed by atoms with Gasteiger partial charge in [-0.1, -0.05) is 32.9 Å². The van der Waals surface area contributed by atoms with Gasteiger partial charge in [0.15, 0.2) is 0 Å². The molecule has 0 unspecified atom stereocenters. The number of carboxylic acid groups (broad SMARTS) is 1. The van der Waals surface area contributed by atoms with Gasteiger partial charge in [0, 0.05) is 30.5 Å². The fraction of sp³-hybridized carbons (Fsp3) is 0.634. The van der Waals surface area contributed by atoms with E-state index in [2.05, 4.69) is 21.9 Å². The number of pyridine rings is 1. The van der Waals surface area contributed by atoms with Crippen molar-refractivity contribution in [3.05, 3.63) is 42.6 Å². The molecule has 1 aromatic heterocycles. The maximum atomic E-state index is 15.1. The lowest BCUT2D eigenvalue weighted by atomic mass is 9.86. The Kier molecular flexibility index (Phi) is 10.5. The topological polar surface area (TPSA) is 185 Å². The second kappa shape index (κ2) is 14.8. The van der Waals surface area contributed by atoms with E-state index in [0.717, 1.165) is 24.6 Å². The standard InChI is InChI=1S/C41H55N5O9S/c1-6-54-29-11-12-31-27(20-29)13-18-42-35(31)55-30-21-32-34(47)43-41(37(49)44-56(52,53)40(5)16-17-40)22-28(41)10-8-7-9-25(2)19-26(3)33(36(48)45(32)23-30)46(38(50)51)24-39(4)14-15-39/h8,10-13,18,20,25-26,28,30,32-33H,6-7,9,14-17,19,21-24H2,1-5H3,(H,43,47)(H,44,49)(H,50,51)/b10-8-/t25-,26-,28-,30-,32+,33+,41-/m1/s1. The van der Waals surface area contributed by atoms with Crippen molar-refractivity contribution in [1.29, 1.82) is 0 Å². The Morgan fingerprint density at radius 3 is 2.54 bits per heavy atom. The van der Waals surface area contributed by atoms with Crippen LogP contribution in [-0.4, -0.2) is 100 Å². The van der Waals surface area contributed by atoms with Crippen molar-refractivity contribution in [3.8, 4) is 11.6 Å². The fourth-order valence-corrected chi connectivity index (χ4v) is 9.83. The molecule has 0 radical (unpaired) electrons. The Labute approximate surface area is 328 Å². The minimum atomic E-state index is -4.01. The van der Waals surface area contributed by atoms with Gasteiger partial charge < -0.3 is 24.8 Å². The van der Waals surface area contributed by atoms with Crippen LogP contribution in [0.3, 0.4) is 0 Å². The van der Waals surface area contributed by atoms with E-state index < -0.39 is 68.2 Å². The molecule has 2 aromatic rings. The highest BCUT2D eigenvalue weighted by molar-refractivity contribution is 7.91. The first-order valence-corrected chi connectivity index (χ1v) is 21.5. The molecular weight excluding hydrogens is 739 g/mol. The summed E-state index contributed by atoms with van der Waals surface area (Å²) in [6, 6.07) is 5.15. The number of carbonyl (C=O) groups excluding carboxylic acids is 3. The quantitative estimate of drug-likeness (QED) is 0.276. The van der Waals surface area contributed by atoms with E-state index in [1.54, 1.807) is 13.1 Å². The van der Waals surface area contributed by atoms with Gasteiger partial charge in [0.25, 0.3) is 5.91 Å². The molecule has 3 saturated carbocycles. The molecule has 1 aromatic carbocycles. The summed E-state index contributed by atoms with van der Waals surface area (Å²) in [6.07, 6.45) is 8.31. The molecule has 3 heterocycles. The highest BCUT2D eigenvalue weighted by atomic mass is 32.2. The molecule has 5 aliphatic rings. The number of allylic oxidation sites excluding steroid dienone is 1. The number of ether oxygens (including phenoxy) is 2. The van der Waals surface area contributed by atoms with Crippen LogP contribution >= 0.6 is 0 Å². The van der Waals surface area contributed by atoms with E-state index >= 15 is 4.79 Å². The van der Waals surface area contributed by atoms with Gasteiger partial charge in [-0.05, 0) is 112 Å². The lowest BCUT2D eigenvalue weighted by Crippen LogP contribution is -2.60. The van der Waals surface area contributed by atoms with Gasteiger partial charge in [0.2, 0.25) is 27.7 Å². The number of carbonyl (C=O) groups is 4. The Balaban J connectivity index is 1.24. The van der Waals surface area contributed by atoms with Gasteiger partial charge in [-0.25, -0.2) is 18.2 Å². The van der Waals surface area contributed by atoms with Crippen LogP contribution in [0.2, 0.25) is 0 Å². The van der Waals surface area contributed by atoms with Gasteiger partial charge in [0.05, 0.1) is 17.9 Å². The van der Waals surface area contributed by atoms with Gasteiger partial charge in [-0.15, -0.1) is 0 Å². The molecule has 3 aliphatic carbocycles. The first-order valence-electron chi connectivity index (χ1n) is 20.0. The number of fused-ring (bicyclic) bond motifs is 3. The van der Waals surface area contributed by atoms with E-state index in [1.807, 2.05) is 57.2 Å². The van der Waals surface area contributed by atoms with Crippen molar-refractivity contribution < 1.29 is 42.2 Å². The Hall–Kier alpha value is -4.40. The molecule has 304 valence electrons. The van der Waals surface area contributed by atoms with Crippen LogP contribution in [0.15, 0.2) is 42.6 Å². The molecule has 1 saturated heterocycles. The zero-order chi connectivity index (χ0) is 40.2. The van der Waals surface area contributed by atoms with E-state index in [0.29, 0.717) is 49.3 Å². The Morgan fingerprint density at radius 2 is 1.86 bits per heavy atom. The van der Waals surface area contributed by atoms with Crippen LogP contribution in [0.1, 0.15) is 92.4 Å². The smallest absolute Gasteiger partial charge is 0.408 e. The average Bonchev–Trinajstić information content (AvgIpc) is 4.10. The summed E-state index contributed by atoms with van der Waals surface area (Å²) in [4.78, 5) is 63.9. The lowest BCUT2D eigenvalue weighted by Gasteiger charge is -2.38. The summed E-state index contributed by atoms with van der Waals surface area (Å²) in [6.45, 7) is 10.1. The minimum Gasteiger partial charge on any atom is -0.494 e. The van der Waals surface area contributed by atoms with E-state index in [1.165, 1.54) is 9.80 Å². The van der Waals surface area contributed by atoms with Crippen LogP contribution in [0.5, 0.6) is 11.6 Å². The maximum absolute atomic E-state index is 15.1. The molecule has 7 rings (SSSR count). The third-order valence-electron chi connectivity index (χ3n) is 12.7. The van der Waals surface area contributed by atoms with Crippen molar-refractivity contribution >= 4 is 44.6 Å². The molecule has 7 atom stereocenters. The number of nitrogens with one attached hydrogen (secondary N) is 2. The van der Waals surface area contributed by atoms with E-state index in [9.17, 15) is 27.9 Å². The number of hydrogen-bond acceptors (Lipinski definition) is 9. The second-order valence-corrected chi connectivity index (χ2v) is 19.8. The summed E-state index contributed by atoms with van der Waals surface area (Å²) in [7, 11) is -4.01. The first kappa shape index (κ1) is 39.8. The van der Waals surface area contributed by atoms with Gasteiger partial charge in [-0.2, -0.15) is 0 Å². The summed E-state index contributed by atoms with van der Waals surface area (Å²) in [5.41, 5.74) is -1.78. The molecule has 15 heteroatoms. The fourth-order valence-electron chi connectivity index (χ4n) is 8.52. The summed E-state index contributed by atoms with van der Waals surface area (Å²) in [5.74, 6) is -1.66. The molecule has 14 nitrogen and oxygen atoms in total. The van der Waals surface area contributed by atoms with Gasteiger partial charge in [-0.3, -0.25) is 24.0 Å². The number of nitrogens with zero attached hydrogens (tertiary/aromatic N) is 3. The third kappa shape index (κ3) is 7.92. The summed E-state index contributed by atoms with van der Waals surface area (Å²) in [5, 5.41) is 15.1. The van der Waals surface area contributed by atoms with Gasteiger partial charge >= 0.3 is 6.09 Å². The number of hydrogen-bond donors (Lipinski definition) is 3. The molecule has 2 aliphatic heterocycles. The van der Waals surface area contributed by atoms with Crippen molar-refractivity contribution in [3.63, 3.8) is 0 Å². The first-order chi connectivity index (χ1) is 26.5. The molecule has 0 bridgehead atoms. The number of benzene rings is 1. The maximum Gasteiger partial charge on any atom is 0.408 e. The molecule has 56 heavy (non-hydrogen) atoms. The van der Waals surface area contributed by atoms with Crippen molar-refractivity contribution in [2.24, 2.45) is 23.2 Å². The van der Waals surface area contributed by atoms with Gasteiger partial charge in [0.1, 0.15) is 29.5 Å². The molecular formula is C41H55N5O9S. The number of aromatic nitrogens is 1. The average molecular weight is 794 g/mol. The Morgan fingerprint density at radius 1 is 1.11 bits per heavy atom. The largest absolute Gasteiger partial charge is 0.494 e. The molecule has 4 fully saturated rings. The zero-order valence-corrected chi connectivity index (χ0v) is 33.8. The van der Waals surface area contributed by atoms with Crippen LogP contribution < -0.4 is 19.5 Å². The van der Waals surface area contributed by atoms with Crippen LogP contribution in [-0.2, 0) is 24.4 Å². The lowest BCUT2D eigenvalue weighted by molar-refractivity contribution is -0.144. The predicted octanol–water partition coefficient (Wildman–Crippen LogP) is 5.02. The van der Waals surface area contributed by atoms with Crippen molar-refractivity contribution in [2.75, 3.05) is 19.7 Å². The summed E-state index contributed by atoms with van der Waals surface area (Å²) < 4.78 is 39.9. The number of amides is 4. The Bertz CT molecular complexity index is 2030. The normalized spacial score (nSPS) is 31.4. The predicted molar refractivity (Wildman–Crippen MR) is 208 cm³/mol. The summed E-state index contributed by atoms with van der Waals surface area (Å²) >= 11 is 0. The van der Waals surface area contributed by atoms with Crippen LogP contribution in [0.25, 0.3) is 10.8 Å². The van der Waals surface area contributed by atoms with Crippen LogP contribution in [0, 0.1) is 23.2 Å². The number of rotatable bonds is 10. The molecule has 4 amide bonds. The van der Waals surface area contributed by atoms with Crippen LogP contribution in [0.4, 0.5) is 4.79 Å². The highest BCUT2D eigenvalue weighted by Crippen LogP contribution is 2.48. The monoisotopic (exact) mass is 793 g/mol. The van der Waals surface area contributed by atoms with Crippen molar-refractivity contribution in [1.82, 2.24) is 24.8 Å². The number of sulfonamides is 1. The minimum absolute atomic E-state index is 0.0313.